The molecule has 0 aliphatic carbocycles. The van der Waals surface area contributed by atoms with E-state index in [-0.39, 0.29) is 31.5 Å². The molecule has 0 aromatic heterocycles. The molecule has 1 aromatic carbocycles. The molecular formula is C22H37N3O5Si. The fraction of sp³-hybridized carbons (Fsp3) is 0.636. The summed E-state index contributed by atoms with van der Waals surface area (Å²) in [5.74, 6) is -1.07. The first-order valence-electron chi connectivity index (χ1n) is 11.0. The van der Waals surface area contributed by atoms with Crippen molar-refractivity contribution in [1.29, 1.82) is 0 Å². The normalized spacial score (nSPS) is 20.6. The fourth-order valence-corrected chi connectivity index (χ4v) is 3.56. The lowest BCUT2D eigenvalue weighted by Crippen LogP contribution is -2.50. The third-order valence-electron chi connectivity index (χ3n) is 4.96. The highest BCUT2D eigenvalue weighted by atomic mass is 28.1. The first-order valence-corrected chi connectivity index (χ1v) is 12.2. The van der Waals surface area contributed by atoms with Crippen molar-refractivity contribution in [3.63, 3.8) is 0 Å². The van der Waals surface area contributed by atoms with E-state index in [0.29, 0.717) is 31.4 Å². The number of hydrogen-bond acceptors (Lipinski definition) is 5. The van der Waals surface area contributed by atoms with Crippen LogP contribution in [0.3, 0.4) is 0 Å². The van der Waals surface area contributed by atoms with Crippen LogP contribution in [0.25, 0.3) is 0 Å². The number of nitrogens with zero attached hydrogens (tertiary/aromatic N) is 1. The van der Waals surface area contributed by atoms with Crippen molar-refractivity contribution < 1.29 is 24.2 Å². The van der Waals surface area contributed by atoms with Crippen LogP contribution in [0.5, 0.6) is 0 Å². The van der Waals surface area contributed by atoms with Gasteiger partial charge in [0.05, 0.1) is 12.6 Å². The number of nitrogens with one attached hydrogen (secondary N) is 2. The second kappa shape index (κ2) is 12.2. The minimum absolute atomic E-state index is 0.0380. The second-order valence-electron chi connectivity index (χ2n) is 8.83. The number of aliphatic hydroxyl groups excluding tert-OH is 1. The third-order valence-corrected chi connectivity index (χ3v) is 5.30. The van der Waals surface area contributed by atoms with E-state index in [2.05, 4.69) is 17.7 Å². The summed E-state index contributed by atoms with van der Waals surface area (Å²) in [6.07, 6.45) is 1.44. The summed E-state index contributed by atoms with van der Waals surface area (Å²) in [6, 6.07) is 9.10. The predicted octanol–water partition coefficient (Wildman–Crippen LogP) is 1.13. The van der Waals surface area contributed by atoms with Crippen LogP contribution >= 0.6 is 0 Å². The first-order chi connectivity index (χ1) is 14.7. The van der Waals surface area contributed by atoms with Crippen molar-refractivity contribution in [3.05, 3.63) is 35.9 Å². The first kappa shape index (κ1) is 25.3. The predicted molar refractivity (Wildman–Crippen MR) is 123 cm³/mol. The molecule has 31 heavy (non-hydrogen) atoms. The Kier molecular flexibility index (Phi) is 9.95. The van der Waals surface area contributed by atoms with Gasteiger partial charge in [0.2, 0.25) is 5.91 Å². The smallest absolute Gasteiger partial charge is 0.333 e. The molecule has 0 spiro atoms. The molecule has 0 saturated carbocycles. The van der Waals surface area contributed by atoms with E-state index >= 15 is 0 Å². The molecule has 174 valence electrons. The van der Waals surface area contributed by atoms with Gasteiger partial charge in [0.15, 0.2) is 5.79 Å². The summed E-state index contributed by atoms with van der Waals surface area (Å²) in [5, 5.41) is 13.3. The molecule has 9 heteroatoms. The van der Waals surface area contributed by atoms with Crippen LogP contribution < -0.4 is 10.7 Å². The van der Waals surface area contributed by atoms with Crippen LogP contribution in [0.2, 0.25) is 5.54 Å². The number of urea groups is 1. The van der Waals surface area contributed by atoms with Crippen LogP contribution in [-0.2, 0) is 20.7 Å². The van der Waals surface area contributed by atoms with Gasteiger partial charge in [0, 0.05) is 29.9 Å². The molecule has 1 aliphatic rings. The van der Waals surface area contributed by atoms with Crippen molar-refractivity contribution >= 4 is 22.2 Å². The second-order valence-corrected chi connectivity index (χ2v) is 10.8. The molecule has 1 unspecified atom stereocenters. The molecule has 3 N–H and O–H groups in total. The fourth-order valence-electron chi connectivity index (χ4n) is 3.39. The average Bonchev–Trinajstić information content (AvgIpc) is 2.86. The molecule has 1 aliphatic heterocycles. The van der Waals surface area contributed by atoms with Crippen molar-refractivity contribution in [3.8, 4) is 0 Å². The minimum atomic E-state index is -0.862. The summed E-state index contributed by atoms with van der Waals surface area (Å²) >= 11 is 0. The zero-order valence-electron chi connectivity index (χ0n) is 19.1. The van der Waals surface area contributed by atoms with Gasteiger partial charge in [-0.3, -0.25) is 4.79 Å². The van der Waals surface area contributed by atoms with Crippen LogP contribution in [0, 0.1) is 0 Å². The van der Waals surface area contributed by atoms with E-state index in [1.165, 1.54) is 5.01 Å². The molecule has 0 radical (unpaired) electrons. The zero-order chi connectivity index (χ0) is 22.9. The monoisotopic (exact) mass is 451 g/mol. The lowest BCUT2D eigenvalue weighted by molar-refractivity contribution is -0.243. The van der Waals surface area contributed by atoms with Gasteiger partial charge in [-0.05, 0) is 44.2 Å². The van der Waals surface area contributed by atoms with E-state index in [1.54, 1.807) is 0 Å². The Hall–Kier alpha value is -1.94. The molecule has 8 nitrogen and oxygen atoms in total. The van der Waals surface area contributed by atoms with Gasteiger partial charge < -0.3 is 19.9 Å². The molecule has 1 saturated heterocycles. The lowest BCUT2D eigenvalue weighted by Gasteiger charge is -2.35. The van der Waals surface area contributed by atoms with E-state index in [4.69, 9.17) is 14.6 Å². The molecule has 1 fully saturated rings. The van der Waals surface area contributed by atoms with E-state index in [9.17, 15) is 9.59 Å². The standard InChI is InChI=1S/C22H37N3O5Si/c1-16(31)15-29-22(2,3)30-19-14-25(20(27)11-7-8-12-26)24-21(28)23-18(19)13-17-9-5-4-6-10-17/h4-6,9-10,16,18-19,26H,7-8,11-15H2,1-3,31H3,(H2,23,24,28)/t16?,18-,19-/m1/s1. The van der Waals surface area contributed by atoms with Crippen LogP contribution in [-0.4, -0.2) is 70.0 Å². The van der Waals surface area contributed by atoms with E-state index in [1.807, 2.05) is 44.2 Å². The number of rotatable bonds is 11. The zero-order valence-corrected chi connectivity index (χ0v) is 21.1. The highest BCUT2D eigenvalue weighted by Gasteiger charge is 2.37. The Bertz CT molecular complexity index is 702. The minimum Gasteiger partial charge on any atom is -0.396 e. The van der Waals surface area contributed by atoms with Gasteiger partial charge >= 0.3 is 6.03 Å². The number of aliphatic hydroxyl groups is 1. The number of ether oxygens (including phenoxy) is 2. The number of unbranched alkanes of at least 4 members (excludes halogenated alkanes) is 1. The maximum atomic E-state index is 12.7. The van der Waals surface area contributed by atoms with Gasteiger partial charge in [-0.1, -0.05) is 37.3 Å². The van der Waals surface area contributed by atoms with Crippen LogP contribution in [0.1, 0.15) is 45.6 Å². The van der Waals surface area contributed by atoms with Gasteiger partial charge in [0.1, 0.15) is 6.10 Å². The summed E-state index contributed by atoms with van der Waals surface area (Å²) in [6.45, 7) is 6.70. The summed E-state index contributed by atoms with van der Waals surface area (Å²) < 4.78 is 12.3. The molecule has 3 amide bonds. The number of carbonyl (C=O) groups is 2. The number of carbonyl (C=O) groups excluding carboxylic acids is 2. The molecule has 2 rings (SSSR count). The molecule has 1 heterocycles. The van der Waals surface area contributed by atoms with Crippen molar-refractivity contribution in [1.82, 2.24) is 15.8 Å². The maximum Gasteiger partial charge on any atom is 0.333 e. The largest absolute Gasteiger partial charge is 0.396 e. The summed E-state index contributed by atoms with van der Waals surface area (Å²) in [5.41, 5.74) is 4.20. The lowest BCUT2D eigenvalue weighted by atomic mass is 10.0. The summed E-state index contributed by atoms with van der Waals surface area (Å²) in [4.78, 5) is 25.2. The Balaban J connectivity index is 2.19. The SMILES string of the molecule is CC([SiH3])COC(C)(C)O[C@@H]1CN(C(=O)CCCCO)NC(=O)N[C@@H]1Cc1ccccc1. The highest BCUT2D eigenvalue weighted by Crippen LogP contribution is 2.21. The maximum absolute atomic E-state index is 12.7. The van der Waals surface area contributed by atoms with E-state index in [0.717, 1.165) is 15.8 Å². The number of hydrogen-bond donors (Lipinski definition) is 3. The number of benzene rings is 1. The third kappa shape index (κ3) is 8.98. The van der Waals surface area contributed by atoms with E-state index < -0.39 is 17.9 Å². The Morgan fingerprint density at radius 2 is 2.03 bits per heavy atom. The molecule has 0 bridgehead atoms. The van der Waals surface area contributed by atoms with Gasteiger partial charge in [0.25, 0.3) is 0 Å². The Labute approximate surface area is 188 Å². The average molecular weight is 452 g/mol. The Morgan fingerprint density at radius 1 is 1.32 bits per heavy atom. The number of amides is 3. The topological polar surface area (TPSA) is 100 Å². The van der Waals surface area contributed by atoms with Crippen LogP contribution in [0.15, 0.2) is 30.3 Å². The van der Waals surface area contributed by atoms with Crippen molar-refractivity contribution in [2.45, 2.75) is 69.9 Å². The Morgan fingerprint density at radius 3 is 2.68 bits per heavy atom. The number of hydrazine groups is 1. The molecular weight excluding hydrogens is 414 g/mol. The van der Waals surface area contributed by atoms with Gasteiger partial charge in [-0.15, -0.1) is 0 Å². The van der Waals surface area contributed by atoms with Gasteiger partial charge in [-0.2, -0.15) is 0 Å². The van der Waals surface area contributed by atoms with Crippen molar-refractivity contribution in [2.75, 3.05) is 19.8 Å². The summed E-state index contributed by atoms with van der Waals surface area (Å²) in [7, 11) is 1.03. The quantitative estimate of drug-likeness (QED) is 0.266. The van der Waals surface area contributed by atoms with Crippen molar-refractivity contribution in [2.24, 2.45) is 0 Å². The highest BCUT2D eigenvalue weighted by molar-refractivity contribution is 6.11. The van der Waals surface area contributed by atoms with Crippen LogP contribution in [0.4, 0.5) is 4.79 Å². The van der Waals surface area contributed by atoms with Gasteiger partial charge in [-0.25, -0.2) is 15.2 Å². The molecule has 3 atom stereocenters. The molecule has 1 aromatic rings.